The topological polar surface area (TPSA) is 42.7 Å². The molecule has 162 valence electrons. The molecule has 5 rings (SSSR count). The molecule has 32 heavy (non-hydrogen) atoms. The molecule has 2 aromatic heterocycles. The minimum Gasteiger partial charge on any atom is -0.358 e. The summed E-state index contributed by atoms with van der Waals surface area (Å²) in [6.45, 7) is 6.68. The molecule has 0 saturated carbocycles. The molecule has 1 N–H and O–H groups in total. The van der Waals surface area contributed by atoms with E-state index in [2.05, 4.69) is 95.4 Å². The van der Waals surface area contributed by atoms with Crippen molar-refractivity contribution in [1.29, 1.82) is 0 Å². The van der Waals surface area contributed by atoms with E-state index in [9.17, 15) is 0 Å². The van der Waals surface area contributed by atoms with Gasteiger partial charge in [-0.1, -0.05) is 56.3 Å². The Morgan fingerprint density at radius 3 is 2.25 bits per heavy atom. The van der Waals surface area contributed by atoms with Crippen LogP contribution in [-0.4, -0.2) is 14.8 Å². The number of rotatable bonds is 6. The van der Waals surface area contributed by atoms with Crippen molar-refractivity contribution < 1.29 is 0 Å². The van der Waals surface area contributed by atoms with E-state index < -0.39 is 0 Å². The molecule has 0 bridgehead atoms. The molecular formula is C27H28N4S. The quantitative estimate of drug-likeness (QED) is 0.358. The number of thiazole rings is 1. The highest BCUT2D eigenvalue weighted by atomic mass is 32.1. The first-order valence-electron chi connectivity index (χ1n) is 11.1. The van der Waals surface area contributed by atoms with Crippen LogP contribution in [0.4, 0.5) is 5.69 Å². The van der Waals surface area contributed by atoms with E-state index >= 15 is 0 Å². The third-order valence-corrected chi connectivity index (χ3v) is 7.38. The van der Waals surface area contributed by atoms with Gasteiger partial charge in [-0.25, -0.2) is 4.98 Å². The number of allylic oxidation sites excluding steroid dienone is 2. The van der Waals surface area contributed by atoms with Crippen LogP contribution in [0.2, 0.25) is 0 Å². The number of hydrogen-bond acceptors (Lipinski definition) is 4. The molecule has 0 fully saturated rings. The van der Waals surface area contributed by atoms with Crippen molar-refractivity contribution in [2.45, 2.75) is 32.6 Å². The molecule has 2 heterocycles. The average Bonchev–Trinajstić information content (AvgIpc) is 3.41. The number of nitrogens with zero attached hydrogens (tertiary/aromatic N) is 3. The van der Waals surface area contributed by atoms with Crippen molar-refractivity contribution in [2.24, 2.45) is 13.0 Å². The van der Waals surface area contributed by atoms with Crippen LogP contribution in [-0.2, 0) is 12.5 Å². The van der Waals surface area contributed by atoms with Crippen LogP contribution in [0, 0.1) is 12.8 Å². The summed E-state index contributed by atoms with van der Waals surface area (Å²) in [6, 6.07) is 17.6. The molecule has 5 heteroatoms. The van der Waals surface area contributed by atoms with E-state index in [0.717, 1.165) is 33.9 Å². The second-order valence-corrected chi connectivity index (χ2v) is 9.94. The zero-order valence-electron chi connectivity index (χ0n) is 19.0. The Kier molecular flexibility index (Phi) is 5.22. The molecule has 0 radical (unpaired) electrons. The molecular weight excluding hydrogens is 412 g/mol. The maximum atomic E-state index is 4.60. The first kappa shape index (κ1) is 20.7. The van der Waals surface area contributed by atoms with Gasteiger partial charge in [0.1, 0.15) is 0 Å². The van der Waals surface area contributed by atoms with Crippen LogP contribution in [0.1, 0.15) is 30.8 Å². The summed E-state index contributed by atoms with van der Waals surface area (Å²) in [5.74, 6) is 0.483. The standard InChI is InChI=1S/C27H28N4S/c1-18(2)27(23-9-5-20(6-10-23)22-15-28-31(4)16-22)14-13-26(27)30-24-11-7-21(8-12-24)25-17-32-19(3)29-25/h5-13,15-18,30H,14H2,1-4H3. The summed E-state index contributed by atoms with van der Waals surface area (Å²) in [5.41, 5.74) is 8.33. The number of aryl methyl sites for hydroxylation is 2. The first-order chi connectivity index (χ1) is 15.5. The zero-order valence-corrected chi connectivity index (χ0v) is 19.8. The van der Waals surface area contributed by atoms with Gasteiger partial charge in [0, 0.05) is 46.6 Å². The molecule has 1 aliphatic carbocycles. The fraction of sp³-hybridized carbons (Fsp3) is 0.259. The molecule has 4 nitrogen and oxygen atoms in total. The maximum absolute atomic E-state index is 4.60. The van der Waals surface area contributed by atoms with Crippen LogP contribution in [0.15, 0.2) is 78.1 Å². The van der Waals surface area contributed by atoms with E-state index in [0.29, 0.717) is 5.92 Å². The van der Waals surface area contributed by atoms with Crippen molar-refractivity contribution in [3.05, 3.63) is 88.6 Å². The van der Waals surface area contributed by atoms with Crippen molar-refractivity contribution >= 4 is 17.0 Å². The first-order valence-corrected chi connectivity index (χ1v) is 11.9. The van der Waals surface area contributed by atoms with Gasteiger partial charge in [0.25, 0.3) is 0 Å². The Bertz CT molecular complexity index is 1260. The highest BCUT2D eigenvalue weighted by Gasteiger charge is 2.44. The van der Waals surface area contributed by atoms with Gasteiger partial charge in [0.15, 0.2) is 0 Å². The van der Waals surface area contributed by atoms with Crippen LogP contribution in [0.5, 0.6) is 0 Å². The lowest BCUT2D eigenvalue weighted by Crippen LogP contribution is -2.42. The van der Waals surface area contributed by atoms with Crippen LogP contribution in [0.25, 0.3) is 22.4 Å². The minimum atomic E-state index is 0.0121. The van der Waals surface area contributed by atoms with Crippen molar-refractivity contribution in [2.75, 3.05) is 5.32 Å². The summed E-state index contributed by atoms with van der Waals surface area (Å²) in [6.07, 6.45) is 7.35. The molecule has 1 atom stereocenters. The second-order valence-electron chi connectivity index (χ2n) is 8.88. The second kappa shape index (κ2) is 8.06. The lowest BCUT2D eigenvalue weighted by molar-refractivity contribution is 0.333. The highest BCUT2D eigenvalue weighted by Crippen LogP contribution is 2.49. The van der Waals surface area contributed by atoms with Gasteiger partial charge in [-0.2, -0.15) is 5.10 Å². The van der Waals surface area contributed by atoms with Gasteiger partial charge in [0.2, 0.25) is 0 Å². The van der Waals surface area contributed by atoms with E-state index in [-0.39, 0.29) is 5.41 Å². The van der Waals surface area contributed by atoms with Gasteiger partial charge in [-0.15, -0.1) is 11.3 Å². The number of anilines is 1. The normalized spacial score (nSPS) is 17.8. The van der Waals surface area contributed by atoms with E-state index in [1.807, 2.05) is 24.9 Å². The summed E-state index contributed by atoms with van der Waals surface area (Å²) >= 11 is 1.69. The smallest absolute Gasteiger partial charge is 0.0901 e. The number of hydrogen-bond donors (Lipinski definition) is 1. The summed E-state index contributed by atoms with van der Waals surface area (Å²) < 4.78 is 1.84. The van der Waals surface area contributed by atoms with Gasteiger partial charge in [-0.05, 0) is 42.5 Å². The molecule has 0 aliphatic heterocycles. The van der Waals surface area contributed by atoms with Crippen LogP contribution < -0.4 is 5.32 Å². The van der Waals surface area contributed by atoms with Gasteiger partial charge in [0.05, 0.1) is 16.9 Å². The van der Waals surface area contributed by atoms with E-state index in [1.165, 1.54) is 16.8 Å². The Labute approximate surface area is 193 Å². The Morgan fingerprint density at radius 1 is 1.00 bits per heavy atom. The van der Waals surface area contributed by atoms with Gasteiger partial charge < -0.3 is 5.32 Å². The Hall–Kier alpha value is -3.18. The summed E-state index contributed by atoms with van der Waals surface area (Å²) in [4.78, 5) is 4.60. The number of nitrogens with one attached hydrogen (secondary N) is 1. The fourth-order valence-electron chi connectivity index (χ4n) is 4.65. The molecule has 0 saturated heterocycles. The monoisotopic (exact) mass is 440 g/mol. The maximum Gasteiger partial charge on any atom is 0.0901 e. The SMILES string of the molecule is Cc1nc(-c2ccc(NC3=CCC3(c3ccc(-c4cnn(C)c4)cc3)C(C)C)cc2)cs1. The van der Waals surface area contributed by atoms with Crippen LogP contribution in [0.3, 0.4) is 0 Å². The summed E-state index contributed by atoms with van der Waals surface area (Å²) in [7, 11) is 1.95. The fourth-order valence-corrected chi connectivity index (χ4v) is 5.27. The van der Waals surface area contributed by atoms with E-state index in [1.54, 1.807) is 11.3 Å². The molecule has 4 aromatic rings. The van der Waals surface area contributed by atoms with Crippen molar-refractivity contribution in [3.63, 3.8) is 0 Å². The third kappa shape index (κ3) is 3.56. The van der Waals surface area contributed by atoms with Gasteiger partial charge >= 0.3 is 0 Å². The summed E-state index contributed by atoms with van der Waals surface area (Å²) in [5, 5.41) is 11.2. The Balaban J connectivity index is 1.38. The lowest BCUT2D eigenvalue weighted by atomic mass is 9.61. The van der Waals surface area contributed by atoms with Crippen molar-refractivity contribution in [3.8, 4) is 22.4 Å². The minimum absolute atomic E-state index is 0.0121. The number of benzene rings is 2. The lowest BCUT2D eigenvalue weighted by Gasteiger charge is -2.46. The highest BCUT2D eigenvalue weighted by molar-refractivity contribution is 7.09. The largest absolute Gasteiger partial charge is 0.358 e. The molecule has 1 aliphatic rings. The predicted molar refractivity (Wildman–Crippen MR) is 134 cm³/mol. The molecule has 0 spiro atoms. The van der Waals surface area contributed by atoms with Gasteiger partial charge in [-0.3, -0.25) is 4.68 Å². The number of aromatic nitrogens is 3. The Morgan fingerprint density at radius 2 is 1.72 bits per heavy atom. The zero-order chi connectivity index (χ0) is 22.3. The van der Waals surface area contributed by atoms with Crippen molar-refractivity contribution in [1.82, 2.24) is 14.8 Å². The molecule has 1 unspecified atom stereocenters. The van der Waals surface area contributed by atoms with Crippen LogP contribution >= 0.6 is 11.3 Å². The van der Waals surface area contributed by atoms with E-state index in [4.69, 9.17) is 0 Å². The molecule has 0 amide bonds. The average molecular weight is 441 g/mol. The predicted octanol–water partition coefficient (Wildman–Crippen LogP) is 6.81. The third-order valence-electron chi connectivity index (χ3n) is 6.61. The molecule has 2 aromatic carbocycles.